The van der Waals surface area contributed by atoms with Gasteiger partial charge < -0.3 is 10.6 Å². The molecular formula is C11H12N6. The molecule has 2 N–H and O–H groups in total. The van der Waals surface area contributed by atoms with Crippen LogP contribution >= 0.6 is 0 Å². The first-order valence-corrected chi connectivity index (χ1v) is 5.47. The van der Waals surface area contributed by atoms with Crippen LogP contribution in [0.3, 0.4) is 0 Å². The standard InChI is InChI=1S/C11H12N6/c1-7-8(17-11-14-4-5-15-11)6-16-10-9(7)12-2-3-13-10/h2-3,6H,4-5H2,1H3,(H2,14,15,17). The van der Waals surface area contributed by atoms with Gasteiger partial charge in [-0.3, -0.25) is 4.98 Å². The zero-order valence-corrected chi connectivity index (χ0v) is 9.44. The summed E-state index contributed by atoms with van der Waals surface area (Å²) in [6.07, 6.45) is 5.03. The van der Waals surface area contributed by atoms with E-state index in [1.807, 2.05) is 6.92 Å². The Morgan fingerprint density at radius 2 is 1.88 bits per heavy atom. The minimum absolute atomic E-state index is 0.654. The van der Waals surface area contributed by atoms with Crippen molar-refractivity contribution in [1.29, 1.82) is 0 Å². The van der Waals surface area contributed by atoms with Crippen molar-refractivity contribution in [3.63, 3.8) is 0 Å². The first-order chi connectivity index (χ1) is 8.34. The maximum Gasteiger partial charge on any atom is 0.196 e. The number of rotatable bonds is 1. The number of hydrogen-bond acceptors (Lipinski definition) is 4. The number of fused-ring (bicyclic) bond motifs is 1. The number of guanidine groups is 1. The number of hydrogen-bond donors (Lipinski definition) is 2. The van der Waals surface area contributed by atoms with Gasteiger partial charge in [-0.15, -0.1) is 0 Å². The topological polar surface area (TPSA) is 75.1 Å². The molecule has 1 saturated heterocycles. The van der Waals surface area contributed by atoms with Crippen LogP contribution in [0.5, 0.6) is 0 Å². The second-order valence-corrected chi connectivity index (χ2v) is 3.81. The summed E-state index contributed by atoms with van der Waals surface area (Å²) in [6, 6.07) is 0. The first kappa shape index (κ1) is 9.95. The van der Waals surface area contributed by atoms with Crippen LogP contribution in [0.15, 0.2) is 23.6 Å². The third-order valence-electron chi connectivity index (χ3n) is 2.67. The monoisotopic (exact) mass is 228 g/mol. The van der Waals surface area contributed by atoms with E-state index in [1.165, 1.54) is 0 Å². The quantitative estimate of drug-likeness (QED) is 0.744. The summed E-state index contributed by atoms with van der Waals surface area (Å²) in [6.45, 7) is 3.78. The Morgan fingerprint density at radius 3 is 2.71 bits per heavy atom. The van der Waals surface area contributed by atoms with E-state index in [2.05, 4.69) is 30.6 Å². The molecular weight excluding hydrogens is 216 g/mol. The fourth-order valence-corrected chi connectivity index (χ4v) is 1.77. The number of aliphatic imine (C=N–C) groups is 1. The normalized spacial score (nSPS) is 14.5. The molecule has 2 aromatic rings. The van der Waals surface area contributed by atoms with Crippen LogP contribution in [0.25, 0.3) is 11.2 Å². The molecule has 17 heavy (non-hydrogen) atoms. The Morgan fingerprint density at radius 1 is 1.12 bits per heavy atom. The van der Waals surface area contributed by atoms with Crippen molar-refractivity contribution in [2.24, 2.45) is 4.99 Å². The Hall–Kier alpha value is -2.24. The van der Waals surface area contributed by atoms with Gasteiger partial charge in [0.1, 0.15) is 5.52 Å². The zero-order valence-electron chi connectivity index (χ0n) is 9.44. The molecule has 1 aliphatic rings. The highest BCUT2D eigenvalue weighted by Crippen LogP contribution is 2.22. The maximum absolute atomic E-state index is 4.47. The Balaban J connectivity index is 2.11. The fraction of sp³-hybridized carbons (Fsp3) is 0.273. The fourth-order valence-electron chi connectivity index (χ4n) is 1.77. The highest BCUT2D eigenvalue weighted by molar-refractivity contribution is 5.86. The van der Waals surface area contributed by atoms with E-state index >= 15 is 0 Å². The molecule has 0 aromatic carbocycles. The third kappa shape index (κ3) is 1.77. The molecule has 2 aromatic heterocycles. The van der Waals surface area contributed by atoms with Gasteiger partial charge in [-0.1, -0.05) is 0 Å². The summed E-state index contributed by atoms with van der Waals surface area (Å²) in [7, 11) is 0. The number of aryl methyl sites for hydroxylation is 1. The Bertz CT molecular complexity index is 584. The maximum atomic E-state index is 4.47. The smallest absolute Gasteiger partial charge is 0.196 e. The molecule has 0 aliphatic carbocycles. The molecule has 3 heterocycles. The van der Waals surface area contributed by atoms with Crippen LogP contribution in [-0.4, -0.2) is 34.0 Å². The lowest BCUT2D eigenvalue weighted by Gasteiger charge is -2.04. The molecule has 1 fully saturated rings. The van der Waals surface area contributed by atoms with Crippen molar-refractivity contribution in [3.05, 3.63) is 24.2 Å². The van der Waals surface area contributed by atoms with Gasteiger partial charge in [0, 0.05) is 31.0 Å². The Kier molecular flexibility index (Phi) is 2.32. The predicted octanol–water partition coefficient (Wildman–Crippen LogP) is 0.514. The van der Waals surface area contributed by atoms with Crippen LogP contribution in [-0.2, 0) is 0 Å². The first-order valence-electron chi connectivity index (χ1n) is 5.47. The van der Waals surface area contributed by atoms with Crippen molar-refractivity contribution >= 4 is 22.8 Å². The largest absolute Gasteiger partial charge is 0.354 e. The van der Waals surface area contributed by atoms with Crippen LogP contribution in [0.4, 0.5) is 5.69 Å². The van der Waals surface area contributed by atoms with E-state index in [0.29, 0.717) is 5.65 Å². The molecule has 0 spiro atoms. The van der Waals surface area contributed by atoms with E-state index < -0.39 is 0 Å². The molecule has 1 aliphatic heterocycles. The van der Waals surface area contributed by atoms with Crippen molar-refractivity contribution in [1.82, 2.24) is 25.6 Å². The summed E-state index contributed by atoms with van der Waals surface area (Å²) in [5.41, 5.74) is 3.26. The minimum Gasteiger partial charge on any atom is -0.354 e. The molecule has 3 rings (SSSR count). The van der Waals surface area contributed by atoms with Crippen molar-refractivity contribution < 1.29 is 0 Å². The summed E-state index contributed by atoms with van der Waals surface area (Å²) in [4.78, 5) is 17.2. The lowest BCUT2D eigenvalue weighted by Crippen LogP contribution is -2.23. The van der Waals surface area contributed by atoms with Crippen LogP contribution in [0.1, 0.15) is 5.56 Å². The predicted molar refractivity (Wildman–Crippen MR) is 65.2 cm³/mol. The Labute approximate surface area is 98.2 Å². The van der Waals surface area contributed by atoms with E-state index in [-0.39, 0.29) is 0 Å². The van der Waals surface area contributed by atoms with Gasteiger partial charge in [0.2, 0.25) is 0 Å². The van der Waals surface area contributed by atoms with Gasteiger partial charge in [0.25, 0.3) is 0 Å². The summed E-state index contributed by atoms with van der Waals surface area (Å²) in [5, 5.41) is 6.31. The molecule has 0 bridgehead atoms. The lowest BCUT2D eigenvalue weighted by atomic mass is 10.2. The van der Waals surface area contributed by atoms with Gasteiger partial charge in [-0.2, -0.15) is 0 Å². The number of pyridine rings is 1. The van der Waals surface area contributed by atoms with Crippen molar-refractivity contribution in [3.8, 4) is 0 Å². The van der Waals surface area contributed by atoms with Crippen LogP contribution < -0.4 is 10.6 Å². The summed E-state index contributed by atoms with van der Waals surface area (Å²) >= 11 is 0. The molecule has 0 radical (unpaired) electrons. The van der Waals surface area contributed by atoms with Crippen molar-refractivity contribution in [2.45, 2.75) is 6.92 Å². The number of aromatic nitrogens is 3. The summed E-state index contributed by atoms with van der Waals surface area (Å²) < 4.78 is 0. The lowest BCUT2D eigenvalue weighted by molar-refractivity contribution is 0.942. The number of nitrogens with zero attached hydrogens (tertiary/aromatic N) is 4. The van der Waals surface area contributed by atoms with Crippen LogP contribution in [0.2, 0.25) is 0 Å². The van der Waals surface area contributed by atoms with E-state index in [0.717, 1.165) is 35.8 Å². The highest BCUT2D eigenvalue weighted by atomic mass is 15.2. The van der Waals surface area contributed by atoms with Gasteiger partial charge in [-0.25, -0.2) is 15.0 Å². The SMILES string of the molecule is Cc1c(N=C2NCCN2)cnc2nccnc12. The van der Waals surface area contributed by atoms with E-state index in [1.54, 1.807) is 18.6 Å². The molecule has 6 nitrogen and oxygen atoms in total. The molecule has 86 valence electrons. The van der Waals surface area contributed by atoms with E-state index in [4.69, 9.17) is 0 Å². The van der Waals surface area contributed by atoms with Gasteiger partial charge >= 0.3 is 0 Å². The molecule has 0 atom stereocenters. The molecule has 0 amide bonds. The molecule has 0 saturated carbocycles. The highest BCUT2D eigenvalue weighted by Gasteiger charge is 2.09. The molecule has 0 unspecified atom stereocenters. The van der Waals surface area contributed by atoms with Gasteiger partial charge in [0.15, 0.2) is 11.6 Å². The molecule has 6 heteroatoms. The third-order valence-corrected chi connectivity index (χ3v) is 2.67. The zero-order chi connectivity index (χ0) is 11.7. The van der Waals surface area contributed by atoms with Gasteiger partial charge in [0.05, 0.1) is 11.9 Å². The second kappa shape index (κ2) is 3.97. The average molecular weight is 228 g/mol. The average Bonchev–Trinajstić information content (AvgIpc) is 2.86. The van der Waals surface area contributed by atoms with E-state index in [9.17, 15) is 0 Å². The van der Waals surface area contributed by atoms with Crippen LogP contribution in [0, 0.1) is 6.92 Å². The van der Waals surface area contributed by atoms with Crippen molar-refractivity contribution in [2.75, 3.05) is 13.1 Å². The van der Waals surface area contributed by atoms with Gasteiger partial charge in [-0.05, 0) is 6.92 Å². The second-order valence-electron chi connectivity index (χ2n) is 3.81. The number of nitrogens with one attached hydrogen (secondary N) is 2. The minimum atomic E-state index is 0.654. The summed E-state index contributed by atoms with van der Waals surface area (Å²) in [5.74, 6) is 0.790.